The molecule has 1 aliphatic heterocycles. The van der Waals surface area contributed by atoms with Crippen LogP contribution < -0.4 is 0 Å². The van der Waals surface area contributed by atoms with E-state index in [0.29, 0.717) is 3.35 Å². The van der Waals surface area contributed by atoms with E-state index >= 15 is 0 Å². The van der Waals surface area contributed by atoms with E-state index in [-0.39, 0.29) is 0 Å². The fourth-order valence-electron chi connectivity index (χ4n) is 0.481. The minimum absolute atomic E-state index is 0.407. The van der Waals surface area contributed by atoms with Gasteiger partial charge in [-0.05, 0) is 0 Å². The SMILES string of the molecule is [Na][CH]1C=CC=CO1. The van der Waals surface area contributed by atoms with Crippen molar-refractivity contribution >= 4 is 27.9 Å². The van der Waals surface area contributed by atoms with Gasteiger partial charge in [0.05, 0.1) is 0 Å². The topological polar surface area (TPSA) is 9.23 Å². The quantitative estimate of drug-likeness (QED) is 0.408. The third-order valence-electron chi connectivity index (χ3n) is 0.865. The molecular formula is C5H5NaO. The van der Waals surface area contributed by atoms with Crippen LogP contribution in [-0.4, -0.2) is 31.3 Å². The van der Waals surface area contributed by atoms with Crippen molar-refractivity contribution in [3.63, 3.8) is 0 Å². The average molecular weight is 104 g/mol. The molecular weight excluding hydrogens is 99.0 g/mol. The maximum absolute atomic E-state index is 5.07. The summed E-state index contributed by atoms with van der Waals surface area (Å²) in [5.74, 6) is 0. The van der Waals surface area contributed by atoms with Gasteiger partial charge in [-0.1, -0.05) is 0 Å². The van der Waals surface area contributed by atoms with Gasteiger partial charge in [0.1, 0.15) is 0 Å². The van der Waals surface area contributed by atoms with Gasteiger partial charge in [-0.15, -0.1) is 0 Å². The summed E-state index contributed by atoms with van der Waals surface area (Å²) >= 11 is 1.09. The van der Waals surface area contributed by atoms with Gasteiger partial charge in [0.25, 0.3) is 0 Å². The standard InChI is InChI=1S/C5H5O.Na/c1-2-4-6-5-3-1;/h1-5H;. The van der Waals surface area contributed by atoms with E-state index < -0.39 is 0 Å². The first kappa shape index (κ1) is 5.42. The Labute approximate surface area is 60.5 Å². The van der Waals surface area contributed by atoms with Gasteiger partial charge in [0, 0.05) is 0 Å². The predicted molar refractivity (Wildman–Crippen MR) is 28.9 cm³/mol. The van der Waals surface area contributed by atoms with Crippen molar-refractivity contribution in [3.8, 4) is 0 Å². The molecule has 0 aromatic heterocycles. The molecule has 2 heteroatoms. The monoisotopic (exact) mass is 104 g/mol. The molecule has 0 N–H and O–H groups in total. The Morgan fingerprint density at radius 2 is 2.29 bits per heavy atom. The molecule has 0 aliphatic carbocycles. The van der Waals surface area contributed by atoms with Crippen molar-refractivity contribution in [2.75, 3.05) is 0 Å². The van der Waals surface area contributed by atoms with E-state index in [1.807, 2.05) is 12.2 Å². The third kappa shape index (κ3) is 1.68. The minimum atomic E-state index is 0.407. The molecule has 1 atom stereocenters. The van der Waals surface area contributed by atoms with E-state index in [1.54, 1.807) is 6.26 Å². The molecule has 1 aliphatic rings. The van der Waals surface area contributed by atoms with Crippen LogP contribution in [0.15, 0.2) is 24.5 Å². The first-order valence-corrected chi connectivity index (χ1v) is 3.54. The molecule has 7 heavy (non-hydrogen) atoms. The Hall–Kier alpha value is 0.280. The van der Waals surface area contributed by atoms with Crippen molar-refractivity contribution in [1.29, 1.82) is 0 Å². The summed E-state index contributed by atoms with van der Waals surface area (Å²) in [6.07, 6.45) is 7.71. The van der Waals surface area contributed by atoms with Crippen LogP contribution in [0.1, 0.15) is 0 Å². The Morgan fingerprint density at radius 3 is 2.57 bits per heavy atom. The van der Waals surface area contributed by atoms with Crippen LogP contribution in [0, 0.1) is 0 Å². The summed E-state index contributed by atoms with van der Waals surface area (Å²) in [6.45, 7) is 0. The molecule has 1 heterocycles. The number of rotatable bonds is 0. The summed E-state index contributed by atoms with van der Waals surface area (Å²) in [6, 6.07) is 0. The fourth-order valence-corrected chi connectivity index (χ4v) is 0.860. The van der Waals surface area contributed by atoms with E-state index in [9.17, 15) is 0 Å². The van der Waals surface area contributed by atoms with Crippen LogP contribution in [0.2, 0.25) is 0 Å². The summed E-state index contributed by atoms with van der Waals surface area (Å²) in [5, 5.41) is 0. The maximum atomic E-state index is 5.07. The van der Waals surface area contributed by atoms with Crippen molar-refractivity contribution in [2.45, 2.75) is 3.35 Å². The van der Waals surface area contributed by atoms with Gasteiger partial charge in [-0.3, -0.25) is 0 Å². The molecule has 0 fully saturated rings. The molecule has 0 saturated heterocycles. The second kappa shape index (κ2) is 2.55. The number of hydrogen-bond acceptors (Lipinski definition) is 1. The molecule has 1 rings (SSSR count). The number of hydrogen-bond donors (Lipinski definition) is 0. The van der Waals surface area contributed by atoms with Gasteiger partial charge in [0.2, 0.25) is 0 Å². The molecule has 0 amide bonds. The van der Waals surface area contributed by atoms with Crippen molar-refractivity contribution in [2.24, 2.45) is 0 Å². The molecule has 0 saturated carbocycles. The number of ether oxygens (including phenoxy) is 1. The van der Waals surface area contributed by atoms with E-state index in [2.05, 4.69) is 6.08 Å². The first-order valence-electron chi connectivity index (χ1n) is 2.38. The third-order valence-corrected chi connectivity index (χ3v) is 1.52. The van der Waals surface area contributed by atoms with Crippen LogP contribution in [0.25, 0.3) is 0 Å². The summed E-state index contributed by atoms with van der Waals surface area (Å²) in [5.41, 5.74) is 0. The summed E-state index contributed by atoms with van der Waals surface area (Å²) < 4.78 is 5.48. The van der Waals surface area contributed by atoms with Crippen molar-refractivity contribution < 1.29 is 4.74 Å². The van der Waals surface area contributed by atoms with Crippen LogP contribution in [0.3, 0.4) is 0 Å². The van der Waals surface area contributed by atoms with E-state index in [0.717, 1.165) is 27.9 Å². The zero-order chi connectivity index (χ0) is 5.11. The molecule has 0 aromatic rings. The normalized spacial score (nSPS) is 27.4. The first-order chi connectivity index (χ1) is 3.39. The Kier molecular flexibility index (Phi) is 1.98. The zero-order valence-corrected chi connectivity index (χ0v) is 6.29. The molecule has 32 valence electrons. The molecule has 0 aromatic carbocycles. The van der Waals surface area contributed by atoms with Gasteiger partial charge in [-0.25, -0.2) is 0 Å². The Morgan fingerprint density at radius 1 is 1.43 bits per heavy atom. The van der Waals surface area contributed by atoms with E-state index in [4.69, 9.17) is 4.74 Å². The van der Waals surface area contributed by atoms with Gasteiger partial charge < -0.3 is 0 Å². The van der Waals surface area contributed by atoms with Crippen LogP contribution in [0.5, 0.6) is 0 Å². The fraction of sp³-hybridized carbons (Fsp3) is 0.200. The second-order valence-electron chi connectivity index (χ2n) is 1.55. The number of allylic oxidation sites excluding steroid dienone is 2. The summed E-state index contributed by atoms with van der Waals surface area (Å²) in [4.78, 5) is 0. The molecule has 0 radical (unpaired) electrons. The molecule has 1 nitrogen and oxygen atoms in total. The van der Waals surface area contributed by atoms with Crippen LogP contribution >= 0.6 is 0 Å². The summed E-state index contributed by atoms with van der Waals surface area (Å²) in [7, 11) is 0. The van der Waals surface area contributed by atoms with Crippen molar-refractivity contribution in [3.05, 3.63) is 24.5 Å². The van der Waals surface area contributed by atoms with Crippen LogP contribution in [-0.2, 0) is 4.74 Å². The molecule has 0 spiro atoms. The Bertz CT molecular complexity index is 107. The van der Waals surface area contributed by atoms with Crippen LogP contribution in [0.4, 0.5) is 0 Å². The molecule has 1 unspecified atom stereocenters. The van der Waals surface area contributed by atoms with Gasteiger partial charge >= 0.3 is 60.5 Å². The predicted octanol–water partition coefficient (Wildman–Crippen LogP) is 0.581. The average Bonchev–Trinajstić information content (AvgIpc) is 1.69. The van der Waals surface area contributed by atoms with Gasteiger partial charge in [0.15, 0.2) is 0 Å². The van der Waals surface area contributed by atoms with E-state index in [1.165, 1.54) is 0 Å². The van der Waals surface area contributed by atoms with Crippen molar-refractivity contribution in [1.82, 2.24) is 0 Å². The Balaban J connectivity index is 2.49. The van der Waals surface area contributed by atoms with Gasteiger partial charge in [-0.2, -0.15) is 0 Å². The second-order valence-corrected chi connectivity index (χ2v) is 2.69. The zero-order valence-electron chi connectivity index (χ0n) is 4.29. The molecule has 0 bridgehead atoms.